The SMILES string of the molecule is CCCc1c(CCC)c(CCC)c2c(c1CCC)Cc1c(c(-c3ccccc3)c3c(C#C[Si](C)(C)C)sc(C#C[Si](C)(C)C)c3c1-c1ccccc1)C2. The fourth-order valence-electron chi connectivity index (χ4n) is 8.49. The molecule has 4 aromatic carbocycles. The lowest BCUT2D eigenvalue weighted by atomic mass is 9.70. The van der Waals surface area contributed by atoms with Crippen LogP contribution in [0.1, 0.15) is 108 Å². The lowest BCUT2D eigenvalue weighted by Gasteiger charge is -2.33. The maximum absolute atomic E-state index is 3.84. The highest BCUT2D eigenvalue weighted by Crippen LogP contribution is 2.51. The molecule has 0 saturated heterocycles. The Bertz CT molecular complexity index is 2080. The van der Waals surface area contributed by atoms with Crippen LogP contribution >= 0.6 is 11.3 Å². The zero-order valence-corrected chi connectivity index (χ0v) is 37.1. The van der Waals surface area contributed by atoms with Crippen molar-refractivity contribution in [3.8, 4) is 45.2 Å². The van der Waals surface area contributed by atoms with Crippen molar-refractivity contribution in [2.75, 3.05) is 0 Å². The molecule has 0 atom stereocenters. The largest absolute Gasteiger partial charge is 0.129 e. The Balaban J connectivity index is 1.86. The molecule has 1 aromatic heterocycles. The molecule has 0 saturated carbocycles. The molecule has 0 nitrogen and oxygen atoms in total. The van der Waals surface area contributed by atoms with Gasteiger partial charge in [-0.15, -0.1) is 22.4 Å². The van der Waals surface area contributed by atoms with Crippen molar-refractivity contribution < 1.29 is 0 Å². The molecule has 1 heterocycles. The molecule has 274 valence electrons. The lowest BCUT2D eigenvalue weighted by Crippen LogP contribution is -2.20. The number of hydrogen-bond acceptors (Lipinski definition) is 1. The van der Waals surface area contributed by atoms with E-state index in [1.165, 1.54) is 92.4 Å². The molecular weight excluding hydrogens is 689 g/mol. The van der Waals surface area contributed by atoms with E-state index in [1.54, 1.807) is 33.4 Å². The van der Waals surface area contributed by atoms with Crippen molar-refractivity contribution >= 4 is 38.3 Å². The van der Waals surface area contributed by atoms with Crippen molar-refractivity contribution in [2.24, 2.45) is 0 Å². The molecule has 0 unspecified atom stereocenters. The van der Waals surface area contributed by atoms with E-state index in [-0.39, 0.29) is 0 Å². The molecule has 0 radical (unpaired) electrons. The molecule has 0 fully saturated rings. The summed E-state index contributed by atoms with van der Waals surface area (Å²) in [5.74, 6) is 7.68. The maximum atomic E-state index is 3.84. The molecular formula is C50H60SSi2. The van der Waals surface area contributed by atoms with Crippen molar-refractivity contribution in [3.05, 3.63) is 115 Å². The summed E-state index contributed by atoms with van der Waals surface area (Å²) in [6.45, 7) is 23.7. The smallest absolute Gasteiger partial charge is 0.126 e. The molecule has 1 aliphatic carbocycles. The first-order chi connectivity index (χ1) is 25.4. The average molecular weight is 749 g/mol. The summed E-state index contributed by atoms with van der Waals surface area (Å²) in [6, 6.07) is 22.6. The van der Waals surface area contributed by atoms with E-state index >= 15 is 0 Å². The van der Waals surface area contributed by atoms with Crippen molar-refractivity contribution in [1.29, 1.82) is 0 Å². The van der Waals surface area contributed by atoms with Crippen LogP contribution in [-0.2, 0) is 38.5 Å². The molecule has 0 aliphatic heterocycles. The fourth-order valence-corrected chi connectivity index (χ4v) is 10.7. The monoisotopic (exact) mass is 748 g/mol. The molecule has 3 heteroatoms. The van der Waals surface area contributed by atoms with Crippen molar-refractivity contribution in [2.45, 2.75) is 131 Å². The van der Waals surface area contributed by atoms with Gasteiger partial charge in [-0.3, -0.25) is 0 Å². The van der Waals surface area contributed by atoms with Gasteiger partial charge in [0, 0.05) is 10.8 Å². The van der Waals surface area contributed by atoms with E-state index in [0.29, 0.717) is 0 Å². The molecule has 0 N–H and O–H groups in total. The standard InChI is InChI=1S/C50H60SSi2/c1-11-21-37-38(22-12-2)40(24-14-4)42-34-44-43(33-41(42)39(37)23-13-3)47(35-25-17-15-18-26-35)49-45(29-31-52(5,6)7)51-46(30-32-53(8,9)10)50(49)48(44)36-27-19-16-20-28-36/h15-20,25-28H,11-14,21-24,33-34H2,1-10H3. The highest BCUT2D eigenvalue weighted by atomic mass is 32.1. The van der Waals surface area contributed by atoms with Crippen LogP contribution in [0.4, 0.5) is 0 Å². The Morgan fingerprint density at radius 3 is 1.13 bits per heavy atom. The highest BCUT2D eigenvalue weighted by molar-refractivity contribution is 7.15. The number of fused-ring (bicyclic) bond motifs is 3. The topological polar surface area (TPSA) is 0 Å². The molecule has 0 spiro atoms. The summed E-state index contributed by atoms with van der Waals surface area (Å²) >= 11 is 1.85. The highest BCUT2D eigenvalue weighted by Gasteiger charge is 2.33. The first-order valence-electron chi connectivity index (χ1n) is 20.4. The van der Waals surface area contributed by atoms with Gasteiger partial charge >= 0.3 is 0 Å². The quantitative estimate of drug-likeness (QED) is 0.0967. The lowest BCUT2D eigenvalue weighted by molar-refractivity contribution is 0.774. The molecule has 53 heavy (non-hydrogen) atoms. The van der Waals surface area contributed by atoms with E-state index < -0.39 is 16.1 Å². The van der Waals surface area contributed by atoms with Gasteiger partial charge in [0.1, 0.15) is 16.1 Å². The Labute approximate surface area is 327 Å². The Morgan fingerprint density at radius 1 is 0.472 bits per heavy atom. The van der Waals surface area contributed by atoms with E-state index in [9.17, 15) is 0 Å². The predicted molar refractivity (Wildman–Crippen MR) is 241 cm³/mol. The van der Waals surface area contributed by atoms with Crippen LogP contribution in [0.5, 0.6) is 0 Å². The zero-order chi connectivity index (χ0) is 37.9. The third-order valence-corrected chi connectivity index (χ3v) is 13.3. The fraction of sp³-hybridized carbons (Fsp3) is 0.400. The van der Waals surface area contributed by atoms with Gasteiger partial charge < -0.3 is 0 Å². The van der Waals surface area contributed by atoms with Crippen molar-refractivity contribution in [1.82, 2.24) is 0 Å². The van der Waals surface area contributed by atoms with Gasteiger partial charge in [-0.25, -0.2) is 0 Å². The van der Waals surface area contributed by atoms with Gasteiger partial charge in [0.2, 0.25) is 0 Å². The summed E-state index contributed by atoms with van der Waals surface area (Å²) in [6.07, 6.45) is 11.4. The van der Waals surface area contributed by atoms with E-state index in [1.807, 2.05) is 11.3 Å². The van der Waals surface area contributed by atoms with Crippen LogP contribution in [0.3, 0.4) is 0 Å². The normalized spacial score (nSPS) is 12.5. The minimum absolute atomic E-state index is 0.979. The second kappa shape index (κ2) is 16.4. The number of hydrogen-bond donors (Lipinski definition) is 0. The summed E-state index contributed by atoms with van der Waals surface area (Å²) in [7, 11) is -3.32. The third kappa shape index (κ3) is 8.25. The van der Waals surface area contributed by atoms with Crippen LogP contribution in [0.25, 0.3) is 33.0 Å². The number of benzene rings is 4. The predicted octanol–water partition coefficient (Wildman–Crippen LogP) is 14.0. The van der Waals surface area contributed by atoms with Crippen LogP contribution in [-0.4, -0.2) is 16.1 Å². The van der Waals surface area contributed by atoms with Gasteiger partial charge in [-0.05, 0) is 105 Å². The van der Waals surface area contributed by atoms with Gasteiger partial charge in [0.25, 0.3) is 0 Å². The molecule has 6 rings (SSSR count). The van der Waals surface area contributed by atoms with Gasteiger partial charge in [-0.1, -0.05) is 165 Å². The third-order valence-electron chi connectivity index (χ3n) is 10.5. The first-order valence-corrected chi connectivity index (χ1v) is 28.2. The van der Waals surface area contributed by atoms with E-state index in [4.69, 9.17) is 0 Å². The molecule has 1 aliphatic rings. The van der Waals surface area contributed by atoms with Crippen LogP contribution < -0.4 is 0 Å². The minimum atomic E-state index is -1.66. The second-order valence-corrected chi connectivity index (χ2v) is 27.7. The summed E-state index contributed by atoms with van der Waals surface area (Å²) in [5.41, 5.74) is 26.0. The number of rotatable bonds is 10. The summed E-state index contributed by atoms with van der Waals surface area (Å²) < 4.78 is 0. The van der Waals surface area contributed by atoms with E-state index in [2.05, 4.69) is 151 Å². The summed E-state index contributed by atoms with van der Waals surface area (Å²) in [5, 5.41) is 2.66. The first kappa shape index (κ1) is 39.1. The second-order valence-electron chi connectivity index (χ2n) is 17.2. The summed E-state index contributed by atoms with van der Waals surface area (Å²) in [4.78, 5) is 2.38. The van der Waals surface area contributed by atoms with E-state index in [0.717, 1.165) is 25.7 Å². The van der Waals surface area contributed by atoms with Gasteiger partial charge in [0.15, 0.2) is 0 Å². The zero-order valence-electron chi connectivity index (χ0n) is 34.3. The Morgan fingerprint density at radius 2 is 0.811 bits per heavy atom. The molecule has 0 bridgehead atoms. The van der Waals surface area contributed by atoms with Crippen molar-refractivity contribution in [3.63, 3.8) is 0 Å². The van der Waals surface area contributed by atoms with Crippen LogP contribution in [0, 0.1) is 22.9 Å². The maximum Gasteiger partial charge on any atom is 0.129 e. The van der Waals surface area contributed by atoms with Gasteiger partial charge in [0.05, 0.1) is 9.75 Å². The Kier molecular flexibility index (Phi) is 12.1. The average Bonchev–Trinajstić information content (AvgIpc) is 3.49. The molecule has 0 amide bonds. The van der Waals surface area contributed by atoms with Gasteiger partial charge in [-0.2, -0.15) is 0 Å². The minimum Gasteiger partial charge on any atom is -0.126 e. The number of thiophene rings is 1. The molecule has 5 aromatic rings. The van der Waals surface area contributed by atoms with Crippen LogP contribution in [0.2, 0.25) is 39.3 Å². The van der Waals surface area contributed by atoms with Crippen LogP contribution in [0.15, 0.2) is 60.7 Å². The Hall–Kier alpha value is -3.61.